The normalized spacial score (nSPS) is 16.5. The van der Waals surface area contributed by atoms with Crippen molar-refractivity contribution >= 4 is 27.4 Å². The van der Waals surface area contributed by atoms with Gasteiger partial charge in [-0.05, 0) is 24.3 Å². The number of hydrogen-bond donors (Lipinski definition) is 1. The van der Waals surface area contributed by atoms with E-state index in [1.54, 1.807) is 17.7 Å². The Morgan fingerprint density at radius 1 is 1.32 bits per heavy atom. The second kappa shape index (κ2) is 5.64. The van der Waals surface area contributed by atoms with Gasteiger partial charge in [-0.2, -0.15) is 5.10 Å². The molecule has 22 heavy (non-hydrogen) atoms. The Morgan fingerprint density at radius 3 is 2.91 bits per heavy atom. The molecule has 1 N–H and O–H groups in total. The van der Waals surface area contributed by atoms with Crippen LogP contribution in [0.4, 0.5) is 5.82 Å². The Bertz CT molecular complexity index is 758. The SMILES string of the molecule is CCc1nc(N2CCC(c3ncn[nH]3)CC2)c2ccsc2n1. The third kappa shape index (κ3) is 2.35. The zero-order chi connectivity index (χ0) is 14.9. The lowest BCUT2D eigenvalue weighted by Gasteiger charge is -2.32. The van der Waals surface area contributed by atoms with Crippen LogP contribution in [0.15, 0.2) is 17.8 Å². The van der Waals surface area contributed by atoms with Gasteiger partial charge < -0.3 is 4.90 Å². The quantitative estimate of drug-likeness (QED) is 0.805. The van der Waals surface area contributed by atoms with Crippen LogP contribution in [0.5, 0.6) is 0 Å². The van der Waals surface area contributed by atoms with E-state index in [1.165, 1.54) is 5.39 Å². The van der Waals surface area contributed by atoms with Gasteiger partial charge in [0.25, 0.3) is 0 Å². The first-order valence-electron chi connectivity index (χ1n) is 7.69. The maximum Gasteiger partial charge on any atom is 0.141 e. The number of nitrogens with zero attached hydrogens (tertiary/aromatic N) is 5. The second-order valence-corrected chi connectivity index (χ2v) is 6.48. The molecule has 0 spiro atoms. The number of H-pyrrole nitrogens is 1. The van der Waals surface area contributed by atoms with E-state index in [2.05, 4.69) is 43.4 Å². The van der Waals surface area contributed by atoms with Crippen molar-refractivity contribution in [1.29, 1.82) is 0 Å². The summed E-state index contributed by atoms with van der Waals surface area (Å²) in [6.45, 7) is 4.10. The molecular formula is C15H18N6S. The van der Waals surface area contributed by atoms with Crippen LogP contribution in [0.25, 0.3) is 10.2 Å². The van der Waals surface area contributed by atoms with Gasteiger partial charge in [-0.1, -0.05) is 6.92 Å². The molecule has 3 aromatic heterocycles. The van der Waals surface area contributed by atoms with Crippen LogP contribution in [0.2, 0.25) is 0 Å². The van der Waals surface area contributed by atoms with Crippen LogP contribution in [0.3, 0.4) is 0 Å². The summed E-state index contributed by atoms with van der Waals surface area (Å²) >= 11 is 1.69. The van der Waals surface area contributed by atoms with Gasteiger partial charge in [0, 0.05) is 25.4 Å². The molecule has 3 aromatic rings. The fraction of sp³-hybridized carbons (Fsp3) is 0.467. The first-order valence-corrected chi connectivity index (χ1v) is 8.57. The van der Waals surface area contributed by atoms with Gasteiger partial charge in [-0.3, -0.25) is 5.10 Å². The van der Waals surface area contributed by atoms with E-state index < -0.39 is 0 Å². The average molecular weight is 314 g/mol. The highest BCUT2D eigenvalue weighted by Gasteiger charge is 2.25. The zero-order valence-electron chi connectivity index (χ0n) is 12.5. The Kier molecular flexibility index (Phi) is 3.49. The lowest BCUT2D eigenvalue weighted by atomic mass is 9.96. The first-order chi connectivity index (χ1) is 10.8. The Hall–Kier alpha value is -2.02. The van der Waals surface area contributed by atoms with E-state index in [1.807, 2.05) is 0 Å². The van der Waals surface area contributed by atoms with Crippen molar-refractivity contribution < 1.29 is 0 Å². The highest BCUT2D eigenvalue weighted by Crippen LogP contribution is 2.32. The van der Waals surface area contributed by atoms with Crippen LogP contribution < -0.4 is 4.90 Å². The summed E-state index contributed by atoms with van der Waals surface area (Å²) in [7, 11) is 0. The molecule has 1 aliphatic rings. The number of thiophene rings is 1. The third-order valence-electron chi connectivity index (χ3n) is 4.28. The van der Waals surface area contributed by atoms with Gasteiger partial charge in [-0.15, -0.1) is 11.3 Å². The molecule has 1 fully saturated rings. The fourth-order valence-electron chi connectivity index (χ4n) is 3.06. The number of nitrogens with one attached hydrogen (secondary N) is 1. The smallest absolute Gasteiger partial charge is 0.141 e. The number of aryl methyl sites for hydroxylation is 1. The molecule has 0 amide bonds. The highest BCUT2D eigenvalue weighted by atomic mass is 32.1. The third-order valence-corrected chi connectivity index (χ3v) is 5.09. The molecule has 0 atom stereocenters. The van der Waals surface area contributed by atoms with Crippen LogP contribution in [0, 0.1) is 0 Å². The number of fused-ring (bicyclic) bond motifs is 1. The lowest BCUT2D eigenvalue weighted by Crippen LogP contribution is -2.34. The minimum Gasteiger partial charge on any atom is -0.356 e. The summed E-state index contributed by atoms with van der Waals surface area (Å²) in [4.78, 5) is 17.2. The molecule has 0 saturated carbocycles. The van der Waals surface area contributed by atoms with Gasteiger partial charge in [0.15, 0.2) is 0 Å². The molecule has 0 aromatic carbocycles. The number of anilines is 1. The van der Waals surface area contributed by atoms with E-state index in [0.717, 1.165) is 54.6 Å². The molecule has 0 unspecified atom stereocenters. The topological polar surface area (TPSA) is 70.6 Å². The standard InChI is InChI=1S/C15H18N6S/c1-2-12-18-14(11-5-8-22-15(11)19-12)21-6-3-10(4-7-21)13-16-9-17-20-13/h5,8-10H,2-4,6-7H2,1H3,(H,16,17,20). The van der Waals surface area contributed by atoms with E-state index in [0.29, 0.717) is 5.92 Å². The van der Waals surface area contributed by atoms with Gasteiger partial charge in [0.05, 0.1) is 5.39 Å². The number of aromatic amines is 1. The minimum absolute atomic E-state index is 0.476. The van der Waals surface area contributed by atoms with Gasteiger partial charge >= 0.3 is 0 Å². The van der Waals surface area contributed by atoms with Crippen LogP contribution in [-0.2, 0) is 6.42 Å². The number of rotatable bonds is 3. The molecule has 1 aliphatic heterocycles. The summed E-state index contributed by atoms with van der Waals surface area (Å²) in [6.07, 6.45) is 4.61. The zero-order valence-corrected chi connectivity index (χ0v) is 13.3. The molecule has 6 nitrogen and oxygen atoms in total. The van der Waals surface area contributed by atoms with Crippen LogP contribution in [0.1, 0.15) is 37.3 Å². The van der Waals surface area contributed by atoms with Crippen LogP contribution in [-0.4, -0.2) is 38.2 Å². The molecule has 1 saturated heterocycles. The minimum atomic E-state index is 0.476. The van der Waals surface area contributed by atoms with Gasteiger partial charge in [-0.25, -0.2) is 15.0 Å². The van der Waals surface area contributed by atoms with E-state index in [4.69, 9.17) is 4.98 Å². The Labute approximate surface area is 132 Å². The summed E-state index contributed by atoms with van der Waals surface area (Å²) < 4.78 is 0. The summed E-state index contributed by atoms with van der Waals surface area (Å²) in [6, 6.07) is 2.14. The van der Waals surface area contributed by atoms with Crippen molar-refractivity contribution in [2.24, 2.45) is 0 Å². The monoisotopic (exact) mass is 314 g/mol. The maximum absolute atomic E-state index is 4.79. The van der Waals surface area contributed by atoms with Crippen molar-refractivity contribution in [3.05, 3.63) is 29.4 Å². The van der Waals surface area contributed by atoms with Crippen molar-refractivity contribution in [2.75, 3.05) is 18.0 Å². The Morgan fingerprint density at radius 2 is 2.18 bits per heavy atom. The fourth-order valence-corrected chi connectivity index (χ4v) is 3.84. The molecule has 7 heteroatoms. The molecule has 0 radical (unpaired) electrons. The predicted octanol–water partition coefficient (Wildman–Crippen LogP) is 2.76. The van der Waals surface area contributed by atoms with E-state index >= 15 is 0 Å². The van der Waals surface area contributed by atoms with Gasteiger partial charge in [0.2, 0.25) is 0 Å². The molecule has 4 heterocycles. The summed E-state index contributed by atoms with van der Waals surface area (Å²) in [5, 5.41) is 10.2. The first kappa shape index (κ1) is 13.6. The molecule has 114 valence electrons. The van der Waals surface area contributed by atoms with Crippen molar-refractivity contribution in [3.8, 4) is 0 Å². The number of hydrogen-bond acceptors (Lipinski definition) is 6. The molecule has 0 bridgehead atoms. The van der Waals surface area contributed by atoms with E-state index in [9.17, 15) is 0 Å². The number of aromatic nitrogens is 5. The van der Waals surface area contributed by atoms with Crippen LogP contribution >= 0.6 is 11.3 Å². The summed E-state index contributed by atoms with van der Waals surface area (Å²) in [5.41, 5.74) is 0. The second-order valence-electron chi connectivity index (χ2n) is 5.59. The maximum atomic E-state index is 4.79. The van der Waals surface area contributed by atoms with Gasteiger partial charge in [0.1, 0.15) is 28.6 Å². The molecule has 4 rings (SSSR count). The Balaban J connectivity index is 1.59. The largest absolute Gasteiger partial charge is 0.356 e. The molecular weight excluding hydrogens is 296 g/mol. The number of piperidine rings is 1. The highest BCUT2D eigenvalue weighted by molar-refractivity contribution is 7.16. The lowest BCUT2D eigenvalue weighted by molar-refractivity contribution is 0.485. The summed E-state index contributed by atoms with van der Waals surface area (Å²) in [5.74, 6) is 3.52. The van der Waals surface area contributed by atoms with Crippen molar-refractivity contribution in [2.45, 2.75) is 32.1 Å². The van der Waals surface area contributed by atoms with Crippen molar-refractivity contribution in [3.63, 3.8) is 0 Å². The van der Waals surface area contributed by atoms with E-state index in [-0.39, 0.29) is 0 Å². The molecule has 0 aliphatic carbocycles. The predicted molar refractivity (Wildman–Crippen MR) is 87.4 cm³/mol. The average Bonchev–Trinajstić information content (AvgIpc) is 3.25. The van der Waals surface area contributed by atoms with Crippen molar-refractivity contribution in [1.82, 2.24) is 25.1 Å².